The van der Waals surface area contributed by atoms with Crippen LogP contribution in [0.4, 0.5) is 0 Å². The van der Waals surface area contributed by atoms with Gasteiger partial charge in [-0.2, -0.15) is 0 Å². The molecule has 0 aromatic heterocycles. The highest BCUT2D eigenvalue weighted by Gasteiger charge is 1.68. The Hall–Kier alpha value is -1.06. The van der Waals surface area contributed by atoms with Crippen LogP contribution in [0.25, 0.3) is 0 Å². The van der Waals surface area contributed by atoms with Gasteiger partial charge in [-0.05, 0) is 0 Å². The quantitative estimate of drug-likeness (QED) is 0.217. The standard InChI is InChI=1S/C3H6N2O2/c4-1-5-2-7-3-6/h1,3H,2H2,(H2,4,5). The molecule has 0 aliphatic heterocycles. The van der Waals surface area contributed by atoms with Crippen molar-refractivity contribution in [1.82, 2.24) is 0 Å². The molecule has 7 heavy (non-hydrogen) atoms. The summed E-state index contributed by atoms with van der Waals surface area (Å²) in [6.45, 7) is 0.326. The first-order valence-corrected chi connectivity index (χ1v) is 1.67. The lowest BCUT2D eigenvalue weighted by molar-refractivity contribution is -0.128. The zero-order valence-corrected chi connectivity index (χ0v) is 3.70. The van der Waals surface area contributed by atoms with Crippen molar-refractivity contribution in [1.29, 1.82) is 0 Å². The van der Waals surface area contributed by atoms with E-state index in [0.717, 1.165) is 6.34 Å². The number of ether oxygens (including phenoxy) is 1. The molecule has 0 saturated heterocycles. The van der Waals surface area contributed by atoms with Gasteiger partial charge < -0.3 is 10.5 Å². The molecule has 40 valence electrons. The molecule has 0 aliphatic carbocycles. The Labute approximate surface area is 41.0 Å². The van der Waals surface area contributed by atoms with Crippen molar-refractivity contribution in [2.75, 3.05) is 6.73 Å². The number of carbonyl (C=O) groups excluding carboxylic acids is 1. The summed E-state index contributed by atoms with van der Waals surface area (Å²) < 4.78 is 4.12. The van der Waals surface area contributed by atoms with Crippen LogP contribution in [0.2, 0.25) is 0 Å². The van der Waals surface area contributed by atoms with E-state index in [0.29, 0.717) is 6.47 Å². The van der Waals surface area contributed by atoms with Gasteiger partial charge in [-0.25, -0.2) is 4.99 Å². The van der Waals surface area contributed by atoms with E-state index in [4.69, 9.17) is 5.73 Å². The summed E-state index contributed by atoms with van der Waals surface area (Å²) in [5.41, 5.74) is 4.78. The van der Waals surface area contributed by atoms with Crippen molar-refractivity contribution in [3.05, 3.63) is 0 Å². The maximum Gasteiger partial charge on any atom is 0.294 e. The van der Waals surface area contributed by atoms with Crippen LogP contribution >= 0.6 is 0 Å². The van der Waals surface area contributed by atoms with E-state index in [1.165, 1.54) is 0 Å². The third-order valence-corrected chi connectivity index (χ3v) is 0.323. The Morgan fingerprint density at radius 2 is 2.57 bits per heavy atom. The second kappa shape index (κ2) is 4.94. The molecule has 0 aromatic rings. The number of nitrogens with zero attached hydrogens (tertiary/aromatic N) is 1. The first-order chi connectivity index (χ1) is 3.41. The molecule has 0 aliphatic rings. The van der Waals surface area contributed by atoms with Crippen LogP contribution in [0, 0.1) is 0 Å². The molecular formula is C3H6N2O2. The molecule has 0 fully saturated rings. The lowest BCUT2D eigenvalue weighted by Gasteiger charge is -1.84. The average Bonchev–Trinajstić information content (AvgIpc) is 1.69. The largest absolute Gasteiger partial charge is 0.445 e. The van der Waals surface area contributed by atoms with Crippen molar-refractivity contribution >= 4 is 12.8 Å². The zero-order chi connectivity index (χ0) is 5.54. The topological polar surface area (TPSA) is 64.7 Å². The van der Waals surface area contributed by atoms with Gasteiger partial charge in [0, 0.05) is 0 Å². The fourth-order valence-corrected chi connectivity index (χ4v) is 0.116. The van der Waals surface area contributed by atoms with Crippen molar-refractivity contribution in [2.45, 2.75) is 0 Å². The maximum atomic E-state index is 9.34. The Morgan fingerprint density at radius 3 is 3.00 bits per heavy atom. The van der Waals surface area contributed by atoms with Crippen LogP contribution in [-0.4, -0.2) is 19.5 Å². The summed E-state index contributed by atoms with van der Waals surface area (Å²) >= 11 is 0. The second-order valence-corrected chi connectivity index (χ2v) is 0.724. The van der Waals surface area contributed by atoms with Gasteiger partial charge in [0.1, 0.15) is 0 Å². The highest BCUT2D eigenvalue weighted by molar-refractivity contribution is 5.51. The number of rotatable bonds is 3. The van der Waals surface area contributed by atoms with Crippen LogP contribution in [0.5, 0.6) is 0 Å². The first-order valence-electron chi connectivity index (χ1n) is 1.67. The molecule has 0 saturated carbocycles. The van der Waals surface area contributed by atoms with Crippen LogP contribution in [-0.2, 0) is 9.53 Å². The predicted octanol–water partition coefficient (Wildman–Crippen LogP) is -0.896. The third kappa shape index (κ3) is 4.94. The molecule has 0 aromatic carbocycles. The summed E-state index contributed by atoms with van der Waals surface area (Å²) in [4.78, 5) is 12.7. The van der Waals surface area contributed by atoms with E-state index < -0.39 is 0 Å². The van der Waals surface area contributed by atoms with Gasteiger partial charge >= 0.3 is 0 Å². The van der Waals surface area contributed by atoms with Gasteiger partial charge in [0.25, 0.3) is 6.47 Å². The molecule has 0 rings (SSSR count). The molecule has 0 amide bonds. The minimum absolute atomic E-state index is 0.0139. The molecule has 2 N–H and O–H groups in total. The summed E-state index contributed by atoms with van der Waals surface area (Å²) in [5.74, 6) is 0. The van der Waals surface area contributed by atoms with Gasteiger partial charge in [-0.1, -0.05) is 0 Å². The van der Waals surface area contributed by atoms with Crippen LogP contribution in [0.15, 0.2) is 4.99 Å². The zero-order valence-electron chi connectivity index (χ0n) is 3.70. The monoisotopic (exact) mass is 102 g/mol. The SMILES string of the molecule is NC=NCOC=O. The summed E-state index contributed by atoms with van der Waals surface area (Å²) in [6, 6.07) is 0. The highest BCUT2D eigenvalue weighted by Crippen LogP contribution is 1.63. The lowest BCUT2D eigenvalue weighted by Crippen LogP contribution is -1.93. The van der Waals surface area contributed by atoms with E-state index >= 15 is 0 Å². The van der Waals surface area contributed by atoms with Crippen molar-refractivity contribution in [3.8, 4) is 0 Å². The van der Waals surface area contributed by atoms with E-state index in [9.17, 15) is 4.79 Å². The van der Waals surface area contributed by atoms with Gasteiger partial charge in [0.05, 0.1) is 6.34 Å². The van der Waals surface area contributed by atoms with Gasteiger partial charge in [0.2, 0.25) is 0 Å². The molecule has 0 spiro atoms. The maximum absolute atomic E-state index is 9.34. The predicted molar refractivity (Wildman–Crippen MR) is 24.7 cm³/mol. The number of aliphatic imine (C=N–C) groups is 1. The van der Waals surface area contributed by atoms with E-state index in [2.05, 4.69) is 9.73 Å². The smallest absolute Gasteiger partial charge is 0.294 e. The Morgan fingerprint density at radius 1 is 1.86 bits per heavy atom. The number of hydrogen-bond acceptors (Lipinski definition) is 3. The number of nitrogens with two attached hydrogens (primary N) is 1. The Kier molecular flexibility index (Phi) is 4.19. The summed E-state index contributed by atoms with van der Waals surface area (Å²) in [7, 11) is 0. The fraction of sp³-hybridized carbons (Fsp3) is 0.333. The average molecular weight is 102 g/mol. The third-order valence-electron chi connectivity index (χ3n) is 0.323. The molecule has 0 heterocycles. The van der Waals surface area contributed by atoms with E-state index in [1.807, 2.05) is 0 Å². The summed E-state index contributed by atoms with van der Waals surface area (Å²) in [5, 5.41) is 0. The van der Waals surface area contributed by atoms with Gasteiger partial charge in [0.15, 0.2) is 6.73 Å². The molecular weight excluding hydrogens is 96.0 g/mol. The molecule has 0 atom stereocenters. The molecule has 4 nitrogen and oxygen atoms in total. The van der Waals surface area contributed by atoms with Crippen LogP contribution < -0.4 is 5.73 Å². The first kappa shape index (κ1) is 5.94. The van der Waals surface area contributed by atoms with Gasteiger partial charge in [-0.3, -0.25) is 4.79 Å². The van der Waals surface area contributed by atoms with Gasteiger partial charge in [-0.15, -0.1) is 0 Å². The molecule has 0 unspecified atom stereocenters. The van der Waals surface area contributed by atoms with Crippen molar-refractivity contribution in [2.24, 2.45) is 10.7 Å². The lowest BCUT2D eigenvalue weighted by atomic mass is 11.2. The van der Waals surface area contributed by atoms with Crippen molar-refractivity contribution in [3.63, 3.8) is 0 Å². The summed E-state index contributed by atoms with van der Waals surface area (Å²) in [6.07, 6.45) is 1.07. The normalized spacial score (nSPS) is 9.14. The molecule has 0 radical (unpaired) electrons. The molecule has 0 bridgehead atoms. The number of carbonyl (C=O) groups is 1. The Bertz CT molecular complexity index is 71.3. The second-order valence-electron chi connectivity index (χ2n) is 0.724. The van der Waals surface area contributed by atoms with Crippen molar-refractivity contribution < 1.29 is 9.53 Å². The van der Waals surface area contributed by atoms with Crippen LogP contribution in [0.3, 0.4) is 0 Å². The fourth-order valence-electron chi connectivity index (χ4n) is 0.116. The van der Waals surface area contributed by atoms with E-state index in [1.54, 1.807) is 0 Å². The highest BCUT2D eigenvalue weighted by atomic mass is 16.5. The Balaban J connectivity index is 2.82. The minimum Gasteiger partial charge on any atom is -0.445 e. The number of hydrogen-bond donors (Lipinski definition) is 1. The van der Waals surface area contributed by atoms with Crippen LogP contribution in [0.1, 0.15) is 0 Å². The molecule has 4 heteroatoms. The van der Waals surface area contributed by atoms with E-state index in [-0.39, 0.29) is 6.73 Å². The minimum atomic E-state index is 0.0139.